The number of rotatable bonds is 4. The lowest BCUT2D eigenvalue weighted by molar-refractivity contribution is 0.306. The molecular formula is C19H18O3. The van der Waals surface area contributed by atoms with E-state index in [1.165, 1.54) is 5.56 Å². The Balaban J connectivity index is 1.85. The van der Waals surface area contributed by atoms with Gasteiger partial charge >= 0.3 is 5.63 Å². The average Bonchev–Trinajstić information content (AvgIpc) is 2.53. The lowest BCUT2D eigenvalue weighted by Crippen LogP contribution is -2.00. The first-order chi connectivity index (χ1) is 10.7. The van der Waals surface area contributed by atoms with Crippen LogP contribution in [0.15, 0.2) is 57.7 Å². The van der Waals surface area contributed by atoms with Crippen LogP contribution >= 0.6 is 0 Å². The number of fused-ring (bicyclic) bond motifs is 1. The van der Waals surface area contributed by atoms with Crippen molar-refractivity contribution in [3.63, 3.8) is 0 Å². The lowest BCUT2D eigenvalue weighted by Gasteiger charge is -2.08. The molecule has 0 saturated carbocycles. The van der Waals surface area contributed by atoms with Gasteiger partial charge in [-0.25, -0.2) is 4.79 Å². The molecule has 0 amide bonds. The third kappa shape index (κ3) is 3.03. The van der Waals surface area contributed by atoms with Gasteiger partial charge in [-0.3, -0.25) is 0 Å². The Morgan fingerprint density at radius 1 is 1.05 bits per heavy atom. The maximum atomic E-state index is 11.6. The number of hydrogen-bond acceptors (Lipinski definition) is 3. The second-order valence-electron chi connectivity index (χ2n) is 5.38. The zero-order valence-corrected chi connectivity index (χ0v) is 12.8. The summed E-state index contributed by atoms with van der Waals surface area (Å²) >= 11 is 0. The predicted octanol–water partition coefficient (Wildman–Crippen LogP) is 4.24. The minimum atomic E-state index is -0.319. The summed E-state index contributed by atoms with van der Waals surface area (Å²) < 4.78 is 11.1. The molecule has 0 spiro atoms. The Morgan fingerprint density at radius 2 is 1.82 bits per heavy atom. The van der Waals surface area contributed by atoms with Gasteiger partial charge in [-0.05, 0) is 36.6 Å². The molecule has 0 aliphatic rings. The Hall–Kier alpha value is -2.55. The molecule has 0 bridgehead atoms. The summed E-state index contributed by atoms with van der Waals surface area (Å²) in [4.78, 5) is 11.6. The van der Waals surface area contributed by atoms with Crippen molar-refractivity contribution >= 4 is 11.0 Å². The van der Waals surface area contributed by atoms with E-state index in [1.54, 1.807) is 12.1 Å². The van der Waals surface area contributed by atoms with E-state index in [9.17, 15) is 4.79 Å². The second-order valence-corrected chi connectivity index (χ2v) is 5.38. The highest BCUT2D eigenvalue weighted by Gasteiger charge is 2.06. The van der Waals surface area contributed by atoms with E-state index in [0.29, 0.717) is 17.9 Å². The van der Waals surface area contributed by atoms with Crippen LogP contribution in [-0.4, -0.2) is 0 Å². The van der Waals surface area contributed by atoms with Crippen LogP contribution in [0.2, 0.25) is 0 Å². The van der Waals surface area contributed by atoms with Crippen LogP contribution in [0.4, 0.5) is 0 Å². The van der Waals surface area contributed by atoms with E-state index in [2.05, 4.69) is 19.1 Å². The lowest BCUT2D eigenvalue weighted by atomic mass is 10.1. The normalized spacial score (nSPS) is 10.8. The van der Waals surface area contributed by atoms with Gasteiger partial charge < -0.3 is 9.15 Å². The highest BCUT2D eigenvalue weighted by atomic mass is 16.5. The fourth-order valence-electron chi connectivity index (χ4n) is 2.44. The first kappa shape index (κ1) is 14.4. The van der Waals surface area contributed by atoms with Crippen LogP contribution < -0.4 is 10.4 Å². The Kier molecular flexibility index (Phi) is 3.96. The average molecular weight is 294 g/mol. The number of aryl methyl sites for hydroxylation is 2. The smallest absolute Gasteiger partial charge is 0.336 e. The molecule has 1 heterocycles. The zero-order valence-electron chi connectivity index (χ0n) is 12.8. The largest absolute Gasteiger partial charge is 0.489 e. The van der Waals surface area contributed by atoms with Gasteiger partial charge in [0.15, 0.2) is 0 Å². The van der Waals surface area contributed by atoms with Crippen LogP contribution in [0.25, 0.3) is 11.0 Å². The molecule has 0 aliphatic heterocycles. The maximum Gasteiger partial charge on any atom is 0.336 e. The van der Waals surface area contributed by atoms with E-state index < -0.39 is 0 Å². The summed E-state index contributed by atoms with van der Waals surface area (Å²) in [7, 11) is 0. The van der Waals surface area contributed by atoms with E-state index in [0.717, 1.165) is 22.9 Å². The van der Waals surface area contributed by atoms with Gasteiger partial charge in [-0.1, -0.05) is 36.8 Å². The third-order valence-electron chi connectivity index (χ3n) is 3.71. The minimum absolute atomic E-state index is 0.319. The van der Waals surface area contributed by atoms with Crippen molar-refractivity contribution in [3.05, 3.63) is 75.6 Å². The van der Waals surface area contributed by atoms with Crippen LogP contribution in [0.3, 0.4) is 0 Å². The van der Waals surface area contributed by atoms with E-state index in [1.807, 2.05) is 31.2 Å². The molecule has 0 N–H and O–H groups in total. The standard InChI is InChI=1S/C19H18O3/c1-3-15-10-19(20)22-18-11-16(8-9-17(15)18)21-12-14-6-4-13(2)5-7-14/h4-11H,3,12H2,1-2H3. The number of benzene rings is 2. The van der Waals surface area contributed by atoms with Gasteiger partial charge in [-0.2, -0.15) is 0 Å². The summed E-state index contributed by atoms with van der Waals surface area (Å²) in [5, 5.41) is 0.963. The molecule has 112 valence electrons. The Bertz CT molecular complexity index is 845. The van der Waals surface area contributed by atoms with Crippen molar-refractivity contribution in [2.45, 2.75) is 26.9 Å². The second kappa shape index (κ2) is 6.06. The van der Waals surface area contributed by atoms with Crippen molar-refractivity contribution in [1.29, 1.82) is 0 Å². The Labute approximate surface area is 129 Å². The van der Waals surface area contributed by atoms with Crippen molar-refractivity contribution in [2.75, 3.05) is 0 Å². The molecule has 0 saturated heterocycles. The van der Waals surface area contributed by atoms with E-state index in [-0.39, 0.29) is 5.63 Å². The van der Waals surface area contributed by atoms with E-state index in [4.69, 9.17) is 9.15 Å². The van der Waals surface area contributed by atoms with E-state index >= 15 is 0 Å². The van der Waals surface area contributed by atoms with Crippen LogP contribution in [0.1, 0.15) is 23.6 Å². The van der Waals surface area contributed by atoms with Crippen LogP contribution in [-0.2, 0) is 13.0 Å². The van der Waals surface area contributed by atoms with Gasteiger partial charge in [0, 0.05) is 17.5 Å². The molecule has 3 heteroatoms. The number of hydrogen-bond donors (Lipinski definition) is 0. The minimum Gasteiger partial charge on any atom is -0.489 e. The van der Waals surface area contributed by atoms with Crippen molar-refractivity contribution in [2.24, 2.45) is 0 Å². The molecule has 0 fully saturated rings. The quantitative estimate of drug-likeness (QED) is 0.675. The van der Waals surface area contributed by atoms with Crippen molar-refractivity contribution in [3.8, 4) is 5.75 Å². The molecule has 0 atom stereocenters. The summed E-state index contributed by atoms with van der Waals surface area (Å²) in [5.41, 5.74) is 3.58. The molecule has 22 heavy (non-hydrogen) atoms. The van der Waals surface area contributed by atoms with Gasteiger partial charge in [0.05, 0.1) is 0 Å². The predicted molar refractivity (Wildman–Crippen MR) is 87.4 cm³/mol. The fourth-order valence-corrected chi connectivity index (χ4v) is 2.44. The summed E-state index contributed by atoms with van der Waals surface area (Å²) in [6, 6.07) is 15.4. The molecule has 2 aromatic carbocycles. The fraction of sp³-hybridized carbons (Fsp3) is 0.211. The molecular weight excluding hydrogens is 276 g/mol. The zero-order chi connectivity index (χ0) is 15.5. The van der Waals surface area contributed by atoms with Crippen molar-refractivity contribution < 1.29 is 9.15 Å². The van der Waals surface area contributed by atoms with Gasteiger partial charge in [-0.15, -0.1) is 0 Å². The monoisotopic (exact) mass is 294 g/mol. The highest BCUT2D eigenvalue weighted by molar-refractivity contribution is 5.81. The summed E-state index contributed by atoms with van der Waals surface area (Å²) in [5.74, 6) is 0.699. The van der Waals surface area contributed by atoms with Crippen molar-refractivity contribution in [1.82, 2.24) is 0 Å². The molecule has 3 aromatic rings. The van der Waals surface area contributed by atoms with Crippen LogP contribution in [0, 0.1) is 6.92 Å². The SMILES string of the molecule is CCc1cc(=O)oc2cc(OCc3ccc(C)cc3)ccc12. The number of ether oxygens (including phenoxy) is 1. The third-order valence-corrected chi connectivity index (χ3v) is 3.71. The molecule has 0 aliphatic carbocycles. The summed E-state index contributed by atoms with van der Waals surface area (Å²) in [6.45, 7) is 4.57. The molecule has 3 rings (SSSR count). The topological polar surface area (TPSA) is 39.4 Å². The first-order valence-electron chi connectivity index (χ1n) is 7.41. The van der Waals surface area contributed by atoms with Gasteiger partial charge in [0.1, 0.15) is 17.9 Å². The van der Waals surface area contributed by atoms with Crippen LogP contribution in [0.5, 0.6) is 5.75 Å². The first-order valence-corrected chi connectivity index (χ1v) is 7.41. The Morgan fingerprint density at radius 3 is 2.55 bits per heavy atom. The molecule has 0 unspecified atom stereocenters. The van der Waals surface area contributed by atoms with Gasteiger partial charge in [0.2, 0.25) is 0 Å². The molecule has 0 radical (unpaired) electrons. The highest BCUT2D eigenvalue weighted by Crippen LogP contribution is 2.23. The maximum absolute atomic E-state index is 11.6. The molecule has 1 aromatic heterocycles. The van der Waals surface area contributed by atoms with Gasteiger partial charge in [0.25, 0.3) is 0 Å². The summed E-state index contributed by atoms with van der Waals surface area (Å²) in [6.07, 6.45) is 0.797. The molecule has 3 nitrogen and oxygen atoms in total.